The van der Waals surface area contributed by atoms with Crippen molar-refractivity contribution in [2.24, 2.45) is 5.92 Å². The van der Waals surface area contributed by atoms with Gasteiger partial charge in [-0.2, -0.15) is 0 Å². The first-order valence-corrected chi connectivity index (χ1v) is 7.31. The molecule has 98 valence electrons. The van der Waals surface area contributed by atoms with Crippen LogP contribution in [0.1, 0.15) is 51.9 Å². The van der Waals surface area contributed by atoms with E-state index in [1.165, 1.54) is 45.2 Å². The van der Waals surface area contributed by atoms with Crippen molar-refractivity contribution in [3.05, 3.63) is 0 Å². The number of quaternary nitrogens is 1. The Hall–Kier alpha value is -0.570. The number of rotatable bonds is 4. The first-order valence-electron chi connectivity index (χ1n) is 7.31. The zero-order chi connectivity index (χ0) is 12.1. The van der Waals surface area contributed by atoms with Crippen LogP contribution in [0.25, 0.3) is 0 Å². The lowest BCUT2D eigenvalue weighted by Gasteiger charge is -2.40. The minimum Gasteiger partial charge on any atom is -0.465 e. The van der Waals surface area contributed by atoms with Crippen LogP contribution in [0.5, 0.6) is 0 Å². The standard InChI is InChI=1S/C14H25NO2/c1-2-6-14(16)17-11-12-7-5-10-15-9-4-3-8-13(12)15/h12-13H,2-11H2,1H3/p+1/t12-,13+/m0/s1. The summed E-state index contributed by atoms with van der Waals surface area (Å²) >= 11 is 0. The molecule has 0 aromatic rings. The van der Waals surface area contributed by atoms with Crippen LogP contribution in [0.15, 0.2) is 0 Å². The van der Waals surface area contributed by atoms with Gasteiger partial charge in [-0.3, -0.25) is 4.79 Å². The smallest absolute Gasteiger partial charge is 0.305 e. The zero-order valence-electron chi connectivity index (χ0n) is 11.0. The Kier molecular flexibility index (Phi) is 4.84. The SMILES string of the molecule is CCCC(=O)OC[C@@H]1CCC[NH+]2CCCC[C@H]12. The van der Waals surface area contributed by atoms with Gasteiger partial charge in [0.25, 0.3) is 0 Å². The van der Waals surface area contributed by atoms with Gasteiger partial charge >= 0.3 is 5.97 Å². The highest BCUT2D eigenvalue weighted by molar-refractivity contribution is 5.69. The molecule has 2 aliphatic heterocycles. The van der Waals surface area contributed by atoms with E-state index >= 15 is 0 Å². The van der Waals surface area contributed by atoms with Gasteiger partial charge in [0.1, 0.15) is 0 Å². The lowest BCUT2D eigenvalue weighted by Crippen LogP contribution is -3.18. The summed E-state index contributed by atoms with van der Waals surface area (Å²) in [4.78, 5) is 13.2. The Balaban J connectivity index is 1.80. The summed E-state index contributed by atoms with van der Waals surface area (Å²) in [6, 6.07) is 0.770. The molecule has 2 rings (SSSR count). The molecule has 0 amide bonds. The lowest BCUT2D eigenvalue weighted by molar-refractivity contribution is -0.940. The Morgan fingerprint density at radius 1 is 1.24 bits per heavy atom. The van der Waals surface area contributed by atoms with Crippen LogP contribution < -0.4 is 4.90 Å². The predicted octanol–water partition coefficient (Wildman–Crippen LogP) is 1.18. The molecule has 0 bridgehead atoms. The van der Waals surface area contributed by atoms with Crippen LogP contribution >= 0.6 is 0 Å². The monoisotopic (exact) mass is 240 g/mol. The minimum absolute atomic E-state index is 0.00423. The highest BCUT2D eigenvalue weighted by Crippen LogP contribution is 2.20. The van der Waals surface area contributed by atoms with Crippen LogP contribution in [0.4, 0.5) is 0 Å². The predicted molar refractivity (Wildman–Crippen MR) is 66.9 cm³/mol. The fourth-order valence-corrected chi connectivity index (χ4v) is 3.45. The Bertz CT molecular complexity index is 253. The summed E-state index contributed by atoms with van der Waals surface area (Å²) in [5, 5.41) is 0. The van der Waals surface area contributed by atoms with E-state index in [0.29, 0.717) is 18.9 Å². The van der Waals surface area contributed by atoms with Crippen LogP contribution in [0.2, 0.25) is 0 Å². The number of hydrogen-bond donors (Lipinski definition) is 1. The maximum atomic E-state index is 11.4. The molecule has 3 heteroatoms. The third-order valence-corrected chi connectivity index (χ3v) is 4.34. The molecule has 0 radical (unpaired) electrons. The van der Waals surface area contributed by atoms with E-state index in [-0.39, 0.29) is 5.97 Å². The van der Waals surface area contributed by atoms with Gasteiger partial charge < -0.3 is 9.64 Å². The molecule has 2 aliphatic rings. The van der Waals surface area contributed by atoms with Crippen molar-refractivity contribution in [2.45, 2.75) is 57.9 Å². The zero-order valence-corrected chi connectivity index (χ0v) is 11.0. The molecular weight excluding hydrogens is 214 g/mol. The molecule has 0 aliphatic carbocycles. The fourth-order valence-electron chi connectivity index (χ4n) is 3.45. The highest BCUT2D eigenvalue weighted by atomic mass is 16.5. The molecule has 2 fully saturated rings. The van der Waals surface area contributed by atoms with Crippen molar-refractivity contribution in [1.82, 2.24) is 0 Å². The van der Waals surface area contributed by atoms with Gasteiger partial charge in [0.05, 0.1) is 25.7 Å². The van der Waals surface area contributed by atoms with E-state index in [9.17, 15) is 4.79 Å². The molecule has 0 aromatic carbocycles. The van der Waals surface area contributed by atoms with Gasteiger partial charge in [0, 0.05) is 12.3 Å². The molecule has 2 heterocycles. The summed E-state index contributed by atoms with van der Waals surface area (Å²) in [5.41, 5.74) is 0. The summed E-state index contributed by atoms with van der Waals surface area (Å²) in [6.07, 6.45) is 8.13. The molecular formula is C14H26NO2+. The van der Waals surface area contributed by atoms with E-state index in [4.69, 9.17) is 4.74 Å². The second kappa shape index (κ2) is 6.39. The van der Waals surface area contributed by atoms with Crippen molar-refractivity contribution in [3.8, 4) is 0 Å². The van der Waals surface area contributed by atoms with E-state index in [1.54, 1.807) is 4.90 Å². The normalized spacial score (nSPS) is 32.9. The fraction of sp³-hybridized carbons (Fsp3) is 0.929. The third kappa shape index (κ3) is 3.44. The van der Waals surface area contributed by atoms with Crippen molar-refractivity contribution in [3.63, 3.8) is 0 Å². The number of ether oxygens (including phenoxy) is 1. The summed E-state index contributed by atoms with van der Waals surface area (Å²) in [7, 11) is 0. The molecule has 17 heavy (non-hydrogen) atoms. The second-order valence-electron chi connectivity index (χ2n) is 5.60. The van der Waals surface area contributed by atoms with Gasteiger partial charge in [-0.15, -0.1) is 0 Å². The number of carbonyl (C=O) groups is 1. The molecule has 0 spiro atoms. The second-order valence-corrected chi connectivity index (χ2v) is 5.60. The van der Waals surface area contributed by atoms with Gasteiger partial charge in [-0.05, 0) is 38.5 Å². The van der Waals surface area contributed by atoms with Crippen LogP contribution in [-0.4, -0.2) is 31.7 Å². The van der Waals surface area contributed by atoms with Crippen molar-refractivity contribution in [1.29, 1.82) is 0 Å². The third-order valence-electron chi connectivity index (χ3n) is 4.34. The Morgan fingerprint density at radius 2 is 2.06 bits per heavy atom. The first-order chi connectivity index (χ1) is 8.31. The molecule has 3 atom stereocenters. The average Bonchev–Trinajstić information content (AvgIpc) is 2.36. The molecule has 2 saturated heterocycles. The van der Waals surface area contributed by atoms with Crippen LogP contribution in [0.3, 0.4) is 0 Å². The molecule has 1 unspecified atom stereocenters. The number of esters is 1. The Morgan fingerprint density at radius 3 is 2.88 bits per heavy atom. The largest absolute Gasteiger partial charge is 0.465 e. The van der Waals surface area contributed by atoms with E-state index < -0.39 is 0 Å². The molecule has 0 aromatic heterocycles. The number of carbonyl (C=O) groups excluding carboxylic acids is 1. The first kappa shape index (κ1) is 12.9. The molecule has 0 saturated carbocycles. The number of fused-ring (bicyclic) bond motifs is 1. The summed E-state index contributed by atoms with van der Waals surface area (Å²) < 4.78 is 5.42. The Labute approximate surface area is 105 Å². The average molecular weight is 240 g/mol. The minimum atomic E-state index is -0.00423. The van der Waals surface area contributed by atoms with E-state index in [1.807, 2.05) is 6.92 Å². The van der Waals surface area contributed by atoms with Crippen molar-refractivity contribution < 1.29 is 14.4 Å². The van der Waals surface area contributed by atoms with Gasteiger partial charge in [0.2, 0.25) is 0 Å². The topological polar surface area (TPSA) is 30.7 Å². The van der Waals surface area contributed by atoms with Gasteiger partial charge in [0.15, 0.2) is 0 Å². The summed E-state index contributed by atoms with van der Waals surface area (Å²) in [5.74, 6) is 0.621. The quantitative estimate of drug-likeness (QED) is 0.748. The van der Waals surface area contributed by atoms with Crippen molar-refractivity contribution >= 4 is 5.97 Å². The number of hydrogen-bond acceptors (Lipinski definition) is 2. The van der Waals surface area contributed by atoms with Gasteiger partial charge in [-0.1, -0.05) is 6.92 Å². The van der Waals surface area contributed by atoms with Crippen LogP contribution in [-0.2, 0) is 9.53 Å². The molecule has 3 nitrogen and oxygen atoms in total. The molecule has 1 N–H and O–H groups in total. The number of nitrogens with one attached hydrogen (secondary N) is 1. The lowest BCUT2D eigenvalue weighted by atomic mass is 9.84. The number of piperidine rings is 2. The van der Waals surface area contributed by atoms with E-state index in [2.05, 4.69) is 0 Å². The van der Waals surface area contributed by atoms with Crippen molar-refractivity contribution in [2.75, 3.05) is 19.7 Å². The summed E-state index contributed by atoms with van der Waals surface area (Å²) in [6.45, 7) is 5.37. The van der Waals surface area contributed by atoms with Crippen LogP contribution in [0, 0.1) is 5.92 Å². The maximum Gasteiger partial charge on any atom is 0.305 e. The van der Waals surface area contributed by atoms with E-state index in [0.717, 1.165) is 12.5 Å². The maximum absolute atomic E-state index is 11.4. The highest BCUT2D eigenvalue weighted by Gasteiger charge is 2.36. The van der Waals surface area contributed by atoms with Gasteiger partial charge in [-0.25, -0.2) is 0 Å².